The third kappa shape index (κ3) is 3.69. The number of hydrogen-bond donors (Lipinski definition) is 1. The van der Waals surface area contributed by atoms with Gasteiger partial charge in [0, 0.05) is 16.8 Å². The number of esters is 1. The summed E-state index contributed by atoms with van der Waals surface area (Å²) in [5.41, 5.74) is 3.91. The smallest absolute Gasteiger partial charge is 0.338 e. The van der Waals surface area contributed by atoms with Crippen LogP contribution < -0.4 is 9.46 Å². The number of benzene rings is 3. The molecule has 29 heavy (non-hydrogen) atoms. The summed E-state index contributed by atoms with van der Waals surface area (Å²) in [6.07, 6.45) is 0.648. The first-order chi connectivity index (χ1) is 13.9. The average Bonchev–Trinajstić information content (AvgIpc) is 2.71. The first-order valence-corrected chi connectivity index (χ1v) is 10.8. The summed E-state index contributed by atoms with van der Waals surface area (Å²) in [7, 11) is -2.11. The number of sulfonamides is 1. The van der Waals surface area contributed by atoms with Gasteiger partial charge in [0.2, 0.25) is 10.0 Å². The molecule has 0 amide bonds. The van der Waals surface area contributed by atoms with Gasteiger partial charge in [-0.05, 0) is 35.4 Å². The highest BCUT2D eigenvalue weighted by Crippen LogP contribution is 2.47. The fraction of sp³-hybridized carbons (Fsp3) is 0.136. The summed E-state index contributed by atoms with van der Waals surface area (Å²) in [6.45, 7) is 0. The van der Waals surface area contributed by atoms with Crippen molar-refractivity contribution in [3.8, 4) is 16.9 Å². The molecule has 6 nitrogen and oxygen atoms in total. The standard InChI is InChI=1S/C22H19NO5S/c1-27-22(24)17-9-6-10-19-20(17)16-12-11-15(23-29(2,25)26)13-18(16)21(28-19)14-7-4-3-5-8-14/h3-13,21,23H,1-2H3. The number of anilines is 1. The fourth-order valence-corrected chi connectivity index (χ4v) is 4.09. The first-order valence-electron chi connectivity index (χ1n) is 8.92. The van der Waals surface area contributed by atoms with Crippen molar-refractivity contribution < 1.29 is 22.7 Å². The van der Waals surface area contributed by atoms with E-state index in [2.05, 4.69) is 4.72 Å². The monoisotopic (exact) mass is 409 g/mol. The second-order valence-electron chi connectivity index (χ2n) is 6.76. The lowest BCUT2D eigenvalue weighted by Crippen LogP contribution is -2.18. The summed E-state index contributed by atoms with van der Waals surface area (Å²) < 4.78 is 37.1. The van der Waals surface area contributed by atoms with Gasteiger partial charge in [0.15, 0.2) is 0 Å². The van der Waals surface area contributed by atoms with Crippen molar-refractivity contribution in [2.24, 2.45) is 0 Å². The topological polar surface area (TPSA) is 81.7 Å². The zero-order valence-corrected chi connectivity index (χ0v) is 16.7. The van der Waals surface area contributed by atoms with Crippen LogP contribution in [0.25, 0.3) is 11.1 Å². The minimum atomic E-state index is -3.44. The number of hydrogen-bond acceptors (Lipinski definition) is 5. The van der Waals surface area contributed by atoms with E-state index >= 15 is 0 Å². The number of carbonyl (C=O) groups is 1. The van der Waals surface area contributed by atoms with E-state index in [1.165, 1.54) is 7.11 Å². The van der Waals surface area contributed by atoms with E-state index in [0.29, 0.717) is 22.6 Å². The Labute approximate surface area is 169 Å². The highest BCUT2D eigenvalue weighted by Gasteiger charge is 2.31. The minimum Gasteiger partial charge on any atom is -0.480 e. The Morgan fingerprint density at radius 2 is 1.79 bits per heavy atom. The molecule has 0 radical (unpaired) electrons. The maximum Gasteiger partial charge on any atom is 0.338 e. The van der Waals surface area contributed by atoms with Gasteiger partial charge in [-0.1, -0.05) is 42.5 Å². The Kier molecular flexibility index (Phi) is 4.76. The van der Waals surface area contributed by atoms with Crippen LogP contribution in [0.3, 0.4) is 0 Å². The van der Waals surface area contributed by atoms with Crippen molar-refractivity contribution in [2.75, 3.05) is 18.1 Å². The molecule has 3 aromatic rings. The van der Waals surface area contributed by atoms with Crippen LogP contribution in [0.2, 0.25) is 0 Å². The van der Waals surface area contributed by atoms with Crippen molar-refractivity contribution in [3.63, 3.8) is 0 Å². The van der Waals surface area contributed by atoms with Crippen LogP contribution in [0.15, 0.2) is 66.7 Å². The molecule has 4 rings (SSSR count). The lowest BCUT2D eigenvalue weighted by Gasteiger charge is -2.30. The Bertz CT molecular complexity index is 1190. The molecule has 0 aromatic heterocycles. The van der Waals surface area contributed by atoms with Gasteiger partial charge in [-0.2, -0.15) is 0 Å². The number of rotatable bonds is 4. The number of fused-ring (bicyclic) bond motifs is 3. The van der Waals surface area contributed by atoms with Crippen LogP contribution in [-0.4, -0.2) is 27.8 Å². The molecule has 1 N–H and O–H groups in total. The van der Waals surface area contributed by atoms with E-state index in [4.69, 9.17) is 9.47 Å². The minimum absolute atomic E-state index is 0.390. The van der Waals surface area contributed by atoms with Gasteiger partial charge < -0.3 is 9.47 Å². The molecule has 3 aromatic carbocycles. The molecule has 0 aliphatic carbocycles. The van der Waals surface area contributed by atoms with E-state index in [1.54, 1.807) is 30.3 Å². The van der Waals surface area contributed by atoms with Crippen molar-refractivity contribution in [3.05, 3.63) is 83.4 Å². The molecule has 1 atom stereocenters. The van der Waals surface area contributed by atoms with Crippen LogP contribution in [-0.2, 0) is 14.8 Å². The summed E-state index contributed by atoms with van der Waals surface area (Å²) in [6, 6.07) is 20.1. The van der Waals surface area contributed by atoms with Crippen molar-refractivity contribution in [1.29, 1.82) is 0 Å². The van der Waals surface area contributed by atoms with Gasteiger partial charge in [-0.3, -0.25) is 4.72 Å². The van der Waals surface area contributed by atoms with E-state index in [9.17, 15) is 13.2 Å². The summed E-state index contributed by atoms with van der Waals surface area (Å²) in [4.78, 5) is 12.3. The second-order valence-corrected chi connectivity index (χ2v) is 8.50. The number of nitrogens with one attached hydrogen (secondary N) is 1. The Morgan fingerprint density at radius 1 is 1.03 bits per heavy atom. The van der Waals surface area contributed by atoms with E-state index in [-0.39, 0.29) is 0 Å². The quantitative estimate of drug-likeness (QED) is 0.659. The normalized spacial score (nSPS) is 14.9. The SMILES string of the molecule is COC(=O)c1cccc2c1-c1ccc(NS(C)(=O)=O)cc1C(c1ccccc1)O2. The molecule has 1 aliphatic rings. The van der Waals surface area contributed by atoms with Gasteiger partial charge in [0.05, 0.1) is 18.9 Å². The number of methoxy groups -OCH3 is 1. The van der Waals surface area contributed by atoms with Crippen LogP contribution >= 0.6 is 0 Å². The molecule has 0 bridgehead atoms. The van der Waals surface area contributed by atoms with Crippen LogP contribution in [0.5, 0.6) is 5.75 Å². The average molecular weight is 409 g/mol. The van der Waals surface area contributed by atoms with Crippen molar-refractivity contribution in [1.82, 2.24) is 0 Å². The molecule has 0 fully saturated rings. The van der Waals surface area contributed by atoms with Crippen LogP contribution in [0.1, 0.15) is 27.6 Å². The lowest BCUT2D eigenvalue weighted by molar-refractivity contribution is 0.0600. The van der Waals surface area contributed by atoms with Crippen LogP contribution in [0, 0.1) is 0 Å². The van der Waals surface area contributed by atoms with Crippen molar-refractivity contribution >= 4 is 21.7 Å². The molecule has 1 heterocycles. The van der Waals surface area contributed by atoms with Gasteiger partial charge in [-0.15, -0.1) is 0 Å². The van der Waals surface area contributed by atoms with E-state index in [0.717, 1.165) is 22.9 Å². The largest absolute Gasteiger partial charge is 0.480 e. The zero-order valence-electron chi connectivity index (χ0n) is 15.9. The molecular formula is C22H19NO5S. The molecule has 1 unspecified atom stereocenters. The maximum atomic E-state index is 12.3. The molecule has 0 saturated carbocycles. The van der Waals surface area contributed by atoms with Gasteiger partial charge in [0.1, 0.15) is 11.9 Å². The van der Waals surface area contributed by atoms with Crippen molar-refractivity contribution in [2.45, 2.75) is 6.10 Å². The zero-order chi connectivity index (χ0) is 20.6. The second kappa shape index (κ2) is 7.25. The van der Waals surface area contributed by atoms with Crippen LogP contribution in [0.4, 0.5) is 5.69 Å². The molecular weight excluding hydrogens is 390 g/mol. The van der Waals surface area contributed by atoms with Gasteiger partial charge >= 0.3 is 5.97 Å². The third-order valence-electron chi connectivity index (χ3n) is 4.69. The number of carbonyl (C=O) groups excluding carboxylic acids is 1. The molecule has 0 spiro atoms. The third-order valence-corrected chi connectivity index (χ3v) is 5.29. The summed E-state index contributed by atoms with van der Waals surface area (Å²) in [5, 5.41) is 0. The Hall–Kier alpha value is -3.32. The first kappa shape index (κ1) is 19.0. The molecule has 1 aliphatic heterocycles. The van der Waals surface area contributed by atoms with Gasteiger partial charge in [-0.25, -0.2) is 13.2 Å². The predicted octanol–water partition coefficient (Wildman–Crippen LogP) is 3.99. The van der Waals surface area contributed by atoms with Gasteiger partial charge in [0.25, 0.3) is 0 Å². The predicted molar refractivity (Wildman–Crippen MR) is 111 cm³/mol. The fourth-order valence-electron chi connectivity index (χ4n) is 3.54. The number of ether oxygens (including phenoxy) is 2. The van der Waals surface area contributed by atoms with E-state index in [1.807, 2.05) is 36.4 Å². The highest BCUT2D eigenvalue weighted by atomic mass is 32.2. The maximum absolute atomic E-state index is 12.3. The molecule has 148 valence electrons. The summed E-state index contributed by atoms with van der Waals surface area (Å²) >= 11 is 0. The highest BCUT2D eigenvalue weighted by molar-refractivity contribution is 7.92. The summed E-state index contributed by atoms with van der Waals surface area (Å²) in [5.74, 6) is 0.103. The molecule has 7 heteroatoms. The molecule has 0 saturated heterocycles. The lowest BCUT2D eigenvalue weighted by atomic mass is 9.87. The van der Waals surface area contributed by atoms with E-state index < -0.39 is 22.1 Å². The Balaban J connectivity index is 1.95. The Morgan fingerprint density at radius 3 is 2.48 bits per heavy atom.